The van der Waals surface area contributed by atoms with Crippen molar-refractivity contribution in [3.05, 3.63) is 24.3 Å². The SMILES string of the molecule is CCCCCCCCCCCCCCCCCCCCCC/C=C/CC/C=C/C(O)C(COP(=O)([O-])OCC[N+](C)(C)C)NC(=O)CCCCCCCCCCCCCCCCCCCCCCCCCCCCCCCCCCCCCCCCC. The van der Waals surface area contributed by atoms with Gasteiger partial charge in [0, 0.05) is 6.42 Å². The molecule has 0 aliphatic carbocycles. The number of hydrogen-bond donors (Lipinski definition) is 2. The van der Waals surface area contributed by atoms with Gasteiger partial charge in [-0.3, -0.25) is 9.36 Å². The number of allylic oxidation sites excluding steroid dienone is 3. The molecule has 0 saturated heterocycles. The lowest BCUT2D eigenvalue weighted by molar-refractivity contribution is -0.870. The zero-order valence-electron chi connectivity index (χ0n) is 59.5. The Morgan fingerprint density at radius 1 is 0.391 bits per heavy atom. The summed E-state index contributed by atoms with van der Waals surface area (Å²) in [6.45, 7) is 4.70. The van der Waals surface area contributed by atoms with Crippen molar-refractivity contribution in [1.82, 2.24) is 5.32 Å². The van der Waals surface area contributed by atoms with Gasteiger partial charge in [0.2, 0.25) is 5.91 Å². The van der Waals surface area contributed by atoms with Crippen LogP contribution in [-0.2, 0) is 18.4 Å². The van der Waals surface area contributed by atoms with Gasteiger partial charge in [-0.1, -0.05) is 404 Å². The Morgan fingerprint density at radius 2 is 0.644 bits per heavy atom. The number of unbranched alkanes of at least 4 members (excludes halogenated alkanes) is 59. The molecule has 0 saturated carbocycles. The number of aliphatic hydroxyl groups is 1. The number of likely N-dealkylation sites (N-methyl/N-ethyl adjacent to an activating group) is 1. The van der Waals surface area contributed by atoms with Crippen LogP contribution in [0.5, 0.6) is 0 Å². The lowest BCUT2D eigenvalue weighted by atomic mass is 10.0. The molecule has 0 aliphatic heterocycles. The van der Waals surface area contributed by atoms with E-state index in [1.807, 2.05) is 27.2 Å². The van der Waals surface area contributed by atoms with E-state index in [1.165, 1.54) is 360 Å². The largest absolute Gasteiger partial charge is 0.756 e. The molecule has 3 atom stereocenters. The molecule has 3 unspecified atom stereocenters. The second-order valence-electron chi connectivity index (χ2n) is 28.4. The van der Waals surface area contributed by atoms with Crippen LogP contribution in [0, 0.1) is 0 Å². The lowest BCUT2D eigenvalue weighted by Crippen LogP contribution is -2.45. The highest BCUT2D eigenvalue weighted by Gasteiger charge is 2.23. The maximum atomic E-state index is 13.1. The Morgan fingerprint density at radius 3 is 0.931 bits per heavy atom. The van der Waals surface area contributed by atoms with Crippen molar-refractivity contribution in [2.75, 3.05) is 40.9 Å². The van der Waals surface area contributed by atoms with Gasteiger partial charge in [0.05, 0.1) is 39.9 Å². The maximum Gasteiger partial charge on any atom is 0.268 e. The second-order valence-corrected chi connectivity index (χ2v) is 29.8. The molecule has 9 heteroatoms. The number of nitrogens with one attached hydrogen (secondary N) is 1. The van der Waals surface area contributed by atoms with Crippen molar-refractivity contribution in [2.24, 2.45) is 0 Å². The fourth-order valence-electron chi connectivity index (χ4n) is 12.4. The molecule has 0 heterocycles. The predicted molar refractivity (Wildman–Crippen MR) is 381 cm³/mol. The minimum Gasteiger partial charge on any atom is -0.756 e. The number of carbonyl (C=O) groups excluding carboxylic acids is 1. The van der Waals surface area contributed by atoms with Gasteiger partial charge in [-0.15, -0.1) is 0 Å². The van der Waals surface area contributed by atoms with E-state index in [0.29, 0.717) is 17.4 Å². The minimum absolute atomic E-state index is 0.00332. The molecule has 0 spiro atoms. The number of amides is 1. The summed E-state index contributed by atoms with van der Waals surface area (Å²) >= 11 is 0. The smallest absolute Gasteiger partial charge is 0.268 e. The standard InChI is InChI=1S/C78H155N2O6P/c1-6-8-10-12-14-16-18-20-22-24-26-28-30-32-34-35-36-37-38-39-40-41-42-43-44-45-46-48-50-52-54-56-58-60-62-64-66-68-70-72-78(82)79-76(75-86-87(83,84)85-74-73-80(3,4)5)77(81)71-69-67-65-63-61-59-57-55-53-51-49-47-33-31-29-27-25-23-21-19-17-15-13-11-9-7-2/h61,63,69,71,76-77,81H,6-60,62,64-68,70,72-75H2,1-5H3,(H-,79,82,83,84)/b63-61+,71-69+. The highest BCUT2D eigenvalue weighted by molar-refractivity contribution is 7.45. The molecule has 0 aromatic carbocycles. The van der Waals surface area contributed by atoms with Crippen LogP contribution in [0.15, 0.2) is 24.3 Å². The molecule has 0 rings (SSSR count). The summed E-state index contributed by atoms with van der Waals surface area (Å²) in [5.41, 5.74) is 0. The number of aliphatic hydroxyl groups excluding tert-OH is 1. The van der Waals surface area contributed by atoms with E-state index in [9.17, 15) is 19.4 Å². The average molecular weight is 1250 g/mol. The fourth-order valence-corrected chi connectivity index (χ4v) is 13.1. The van der Waals surface area contributed by atoms with Gasteiger partial charge >= 0.3 is 0 Å². The van der Waals surface area contributed by atoms with Gasteiger partial charge in [0.1, 0.15) is 13.2 Å². The quantitative estimate of drug-likeness (QED) is 0.0272. The Balaban J connectivity index is 3.93. The average Bonchev–Trinajstić information content (AvgIpc) is 3.70. The molecule has 8 nitrogen and oxygen atoms in total. The number of phosphoric ester groups is 1. The van der Waals surface area contributed by atoms with Gasteiger partial charge in [0.25, 0.3) is 7.82 Å². The number of rotatable bonds is 74. The second kappa shape index (κ2) is 69.3. The number of quaternary nitrogens is 1. The van der Waals surface area contributed by atoms with E-state index in [1.54, 1.807) is 6.08 Å². The third kappa shape index (κ3) is 72.3. The van der Waals surface area contributed by atoms with Crippen molar-refractivity contribution in [1.29, 1.82) is 0 Å². The van der Waals surface area contributed by atoms with Gasteiger partial charge in [-0.25, -0.2) is 0 Å². The lowest BCUT2D eigenvalue weighted by Gasteiger charge is -2.29. The van der Waals surface area contributed by atoms with Crippen LogP contribution >= 0.6 is 7.82 Å². The van der Waals surface area contributed by atoms with E-state index in [-0.39, 0.29) is 19.1 Å². The molecule has 1 amide bonds. The van der Waals surface area contributed by atoms with Crippen LogP contribution in [0.2, 0.25) is 0 Å². The van der Waals surface area contributed by atoms with Crippen LogP contribution in [-0.4, -0.2) is 68.5 Å². The minimum atomic E-state index is -4.61. The summed E-state index contributed by atoms with van der Waals surface area (Å²) in [7, 11) is 1.27. The third-order valence-corrected chi connectivity index (χ3v) is 19.4. The third-order valence-electron chi connectivity index (χ3n) is 18.4. The van der Waals surface area contributed by atoms with Crippen LogP contribution in [0.3, 0.4) is 0 Å². The monoisotopic (exact) mass is 1250 g/mol. The Bertz CT molecular complexity index is 1470. The van der Waals surface area contributed by atoms with Gasteiger partial charge < -0.3 is 28.8 Å². The van der Waals surface area contributed by atoms with E-state index in [4.69, 9.17) is 9.05 Å². The first-order valence-electron chi connectivity index (χ1n) is 39.2. The maximum absolute atomic E-state index is 13.1. The Hall–Kier alpha value is -1.02. The Labute approximate surface area is 545 Å². The highest BCUT2D eigenvalue weighted by Crippen LogP contribution is 2.38. The molecular weight excluding hydrogens is 1090 g/mol. The summed E-state index contributed by atoms with van der Waals surface area (Å²) in [5, 5.41) is 14.0. The summed E-state index contributed by atoms with van der Waals surface area (Å²) in [5.74, 6) is -0.197. The van der Waals surface area contributed by atoms with Crippen molar-refractivity contribution in [2.45, 2.75) is 431 Å². The molecule has 87 heavy (non-hydrogen) atoms. The highest BCUT2D eigenvalue weighted by atomic mass is 31.2. The van der Waals surface area contributed by atoms with Gasteiger partial charge in [-0.2, -0.15) is 0 Å². The van der Waals surface area contributed by atoms with Crippen LogP contribution in [0.4, 0.5) is 0 Å². The number of nitrogens with zero attached hydrogens (tertiary/aromatic N) is 1. The summed E-state index contributed by atoms with van der Waals surface area (Å²) in [6.07, 6.45) is 92.2. The predicted octanol–water partition coefficient (Wildman–Crippen LogP) is 24.8. The molecule has 0 radical (unpaired) electrons. The first-order valence-corrected chi connectivity index (χ1v) is 40.7. The van der Waals surface area contributed by atoms with E-state index >= 15 is 0 Å². The number of phosphoric acid groups is 1. The first kappa shape index (κ1) is 86.0. The van der Waals surface area contributed by atoms with E-state index in [2.05, 4.69) is 31.3 Å². The molecule has 518 valence electrons. The number of hydrogen-bond acceptors (Lipinski definition) is 6. The van der Waals surface area contributed by atoms with E-state index < -0.39 is 20.0 Å². The van der Waals surface area contributed by atoms with Crippen LogP contribution in [0.1, 0.15) is 418 Å². The van der Waals surface area contributed by atoms with Crippen molar-refractivity contribution < 1.29 is 32.9 Å². The molecule has 2 N–H and O–H groups in total. The summed E-state index contributed by atoms with van der Waals surface area (Å²) in [4.78, 5) is 25.7. The Kier molecular flexibility index (Phi) is 68.5. The van der Waals surface area contributed by atoms with Crippen LogP contribution < -0.4 is 10.2 Å². The molecule has 0 aromatic heterocycles. The van der Waals surface area contributed by atoms with E-state index in [0.717, 1.165) is 38.5 Å². The fraction of sp³-hybridized carbons (Fsp3) is 0.936. The molecule has 0 aromatic rings. The molecule has 0 fully saturated rings. The van der Waals surface area contributed by atoms with Gasteiger partial charge in [0.15, 0.2) is 0 Å². The first-order chi connectivity index (χ1) is 42.5. The van der Waals surface area contributed by atoms with Crippen molar-refractivity contribution in [3.63, 3.8) is 0 Å². The molecule has 0 bridgehead atoms. The molecular formula is C78H155N2O6P. The van der Waals surface area contributed by atoms with Crippen molar-refractivity contribution in [3.8, 4) is 0 Å². The number of carbonyl (C=O) groups is 1. The zero-order chi connectivity index (χ0) is 63.4. The topological polar surface area (TPSA) is 108 Å². The van der Waals surface area contributed by atoms with Crippen LogP contribution in [0.25, 0.3) is 0 Å². The summed E-state index contributed by atoms with van der Waals surface area (Å²) < 4.78 is 23.5. The molecule has 0 aliphatic rings. The zero-order valence-corrected chi connectivity index (χ0v) is 60.4. The summed E-state index contributed by atoms with van der Waals surface area (Å²) in [6, 6.07) is -0.902. The normalized spacial score (nSPS) is 13.6. The van der Waals surface area contributed by atoms with Gasteiger partial charge in [-0.05, 0) is 32.1 Å². The van der Waals surface area contributed by atoms with Crippen molar-refractivity contribution >= 4 is 13.7 Å².